The van der Waals surface area contributed by atoms with Crippen LogP contribution in [0.4, 0.5) is 0 Å². The molecule has 0 amide bonds. The topological polar surface area (TPSA) is 74.1 Å². The van der Waals surface area contributed by atoms with Crippen LogP contribution in [0, 0.1) is 3.57 Å². The number of fused-ring (bicyclic) bond motifs is 1. The van der Waals surface area contributed by atoms with Crippen molar-refractivity contribution >= 4 is 66.9 Å². The minimum atomic E-state index is -4.06. The summed E-state index contributed by atoms with van der Waals surface area (Å²) in [6.07, 6.45) is 0. The van der Waals surface area contributed by atoms with E-state index in [2.05, 4.69) is 10.3 Å². The van der Waals surface area contributed by atoms with E-state index in [1.54, 1.807) is 6.07 Å². The summed E-state index contributed by atoms with van der Waals surface area (Å²) in [5.74, 6) is 0. The van der Waals surface area contributed by atoms with Crippen LogP contribution < -0.4 is 4.28 Å². The van der Waals surface area contributed by atoms with Crippen LogP contribution in [-0.2, 0) is 10.1 Å². The molecule has 0 radical (unpaired) electrons. The highest BCUT2D eigenvalue weighted by atomic mass is 127. The first kappa shape index (κ1) is 15.8. The first-order valence-electron chi connectivity index (χ1n) is 5.78. The van der Waals surface area contributed by atoms with Gasteiger partial charge in [0.1, 0.15) is 15.9 Å². The van der Waals surface area contributed by atoms with Crippen LogP contribution in [0.2, 0.25) is 10.0 Å². The van der Waals surface area contributed by atoms with Gasteiger partial charge in [0.25, 0.3) is 0 Å². The van der Waals surface area contributed by atoms with Crippen LogP contribution >= 0.6 is 45.8 Å². The molecular weight excluding hydrogens is 464 g/mol. The standard InChI is InChI=1S/C12H6Cl2IN3O3S/c13-7-1-3-9(4-2-7)22(19,20)21-18-11-6-8(14)5-10(15)12(11)16-17-18/h1-6H. The molecule has 0 aliphatic rings. The number of halogens is 3. The Morgan fingerprint density at radius 1 is 1.09 bits per heavy atom. The van der Waals surface area contributed by atoms with Gasteiger partial charge < -0.3 is 0 Å². The van der Waals surface area contributed by atoms with Crippen LogP contribution in [-0.4, -0.2) is 23.6 Å². The maximum atomic E-state index is 12.2. The largest absolute Gasteiger partial charge is 0.358 e. The Balaban J connectivity index is 2.04. The van der Waals surface area contributed by atoms with Crippen molar-refractivity contribution in [3.05, 3.63) is 50.0 Å². The van der Waals surface area contributed by atoms with E-state index in [0.29, 0.717) is 21.1 Å². The van der Waals surface area contributed by atoms with Crippen molar-refractivity contribution in [2.75, 3.05) is 0 Å². The molecule has 0 spiro atoms. The van der Waals surface area contributed by atoms with Crippen molar-refractivity contribution in [3.63, 3.8) is 0 Å². The SMILES string of the molecule is O=S(=O)(On1nnc2c(I)cc(Cl)cc21)c1ccc(Cl)cc1. The molecule has 114 valence electrons. The zero-order valence-electron chi connectivity index (χ0n) is 10.6. The summed E-state index contributed by atoms with van der Waals surface area (Å²) in [6.45, 7) is 0. The highest BCUT2D eigenvalue weighted by Crippen LogP contribution is 2.24. The van der Waals surface area contributed by atoms with Gasteiger partial charge >= 0.3 is 10.1 Å². The van der Waals surface area contributed by atoms with Crippen LogP contribution in [0.1, 0.15) is 0 Å². The third-order valence-corrected chi connectivity index (χ3v) is 5.19. The summed E-state index contributed by atoms with van der Waals surface area (Å²) in [4.78, 5) is 0.783. The normalized spacial score (nSPS) is 11.8. The molecule has 0 unspecified atom stereocenters. The fraction of sp³-hybridized carbons (Fsp3) is 0. The molecule has 0 saturated heterocycles. The molecule has 0 N–H and O–H groups in total. The molecule has 3 aromatic rings. The number of hydrogen-bond acceptors (Lipinski definition) is 5. The highest BCUT2D eigenvalue weighted by Gasteiger charge is 2.20. The first-order valence-corrected chi connectivity index (χ1v) is 9.02. The van der Waals surface area contributed by atoms with Crippen LogP contribution in [0.5, 0.6) is 0 Å². The summed E-state index contributed by atoms with van der Waals surface area (Å²) in [5.41, 5.74) is 0.853. The van der Waals surface area contributed by atoms with Gasteiger partial charge in [-0.25, -0.2) is 0 Å². The fourth-order valence-electron chi connectivity index (χ4n) is 1.72. The molecule has 0 fully saturated rings. The Bertz CT molecular complexity index is 958. The van der Waals surface area contributed by atoms with E-state index in [4.69, 9.17) is 27.5 Å². The van der Waals surface area contributed by atoms with Gasteiger partial charge in [0, 0.05) is 13.6 Å². The van der Waals surface area contributed by atoms with E-state index in [1.165, 1.54) is 30.3 Å². The van der Waals surface area contributed by atoms with Gasteiger partial charge in [-0.1, -0.05) is 28.0 Å². The van der Waals surface area contributed by atoms with Crippen molar-refractivity contribution in [1.82, 2.24) is 15.2 Å². The number of hydrogen-bond donors (Lipinski definition) is 0. The number of rotatable bonds is 3. The molecule has 2 aromatic carbocycles. The Morgan fingerprint density at radius 2 is 1.77 bits per heavy atom. The fourth-order valence-corrected chi connectivity index (χ4v) is 3.82. The molecule has 1 heterocycles. The lowest BCUT2D eigenvalue weighted by Crippen LogP contribution is -2.21. The molecule has 3 rings (SSSR count). The van der Waals surface area contributed by atoms with Gasteiger partial charge in [0.2, 0.25) is 0 Å². The summed E-state index contributed by atoms with van der Waals surface area (Å²) >= 11 is 13.7. The molecule has 22 heavy (non-hydrogen) atoms. The van der Waals surface area contributed by atoms with Gasteiger partial charge in [-0.2, -0.15) is 8.42 Å². The molecule has 0 saturated carbocycles. The smallest absolute Gasteiger partial charge is 0.264 e. The summed E-state index contributed by atoms with van der Waals surface area (Å²) in [5, 5.41) is 8.44. The van der Waals surface area contributed by atoms with Gasteiger partial charge in [-0.15, -0.1) is 5.10 Å². The molecule has 0 bridgehead atoms. The molecule has 0 aliphatic heterocycles. The summed E-state index contributed by atoms with van der Waals surface area (Å²) < 4.78 is 30.2. The Labute approximate surface area is 149 Å². The zero-order valence-corrected chi connectivity index (χ0v) is 15.1. The molecule has 10 heteroatoms. The predicted octanol–water partition coefficient (Wildman–Crippen LogP) is 3.16. The van der Waals surface area contributed by atoms with Crippen molar-refractivity contribution in [2.45, 2.75) is 4.90 Å². The van der Waals surface area contributed by atoms with Gasteiger partial charge in [-0.3, -0.25) is 4.28 Å². The molecule has 0 atom stereocenters. The summed E-state index contributed by atoms with van der Waals surface area (Å²) in [7, 11) is -4.06. The number of benzene rings is 2. The van der Waals surface area contributed by atoms with Crippen LogP contribution in [0.3, 0.4) is 0 Å². The van der Waals surface area contributed by atoms with Gasteiger partial charge in [0.15, 0.2) is 0 Å². The average Bonchev–Trinajstić information content (AvgIpc) is 2.82. The zero-order chi connectivity index (χ0) is 15.9. The Hall–Kier alpha value is -1.10. The second kappa shape index (κ2) is 5.84. The lowest BCUT2D eigenvalue weighted by molar-refractivity contribution is 0.245. The van der Waals surface area contributed by atoms with Crippen LogP contribution in [0.25, 0.3) is 11.0 Å². The lowest BCUT2D eigenvalue weighted by atomic mass is 10.3. The molecule has 6 nitrogen and oxygen atoms in total. The van der Waals surface area contributed by atoms with E-state index in [9.17, 15) is 8.42 Å². The van der Waals surface area contributed by atoms with Gasteiger partial charge in [0.05, 0.1) is 0 Å². The number of nitrogens with zero attached hydrogens (tertiary/aromatic N) is 3. The van der Waals surface area contributed by atoms with Crippen molar-refractivity contribution in [2.24, 2.45) is 0 Å². The van der Waals surface area contributed by atoms with E-state index in [1.807, 2.05) is 22.6 Å². The van der Waals surface area contributed by atoms with E-state index < -0.39 is 10.1 Å². The second-order valence-electron chi connectivity index (χ2n) is 4.20. The van der Waals surface area contributed by atoms with Gasteiger partial charge in [-0.05, 0) is 64.2 Å². The Morgan fingerprint density at radius 3 is 2.45 bits per heavy atom. The first-order chi connectivity index (χ1) is 10.4. The molecule has 1 aromatic heterocycles. The van der Waals surface area contributed by atoms with E-state index in [-0.39, 0.29) is 4.90 Å². The van der Waals surface area contributed by atoms with Crippen LogP contribution in [0.15, 0.2) is 41.3 Å². The minimum Gasteiger partial charge on any atom is -0.264 e. The Kier molecular flexibility index (Phi) is 4.19. The average molecular weight is 470 g/mol. The van der Waals surface area contributed by atoms with E-state index in [0.717, 1.165) is 8.42 Å². The van der Waals surface area contributed by atoms with E-state index >= 15 is 0 Å². The quantitative estimate of drug-likeness (QED) is 0.551. The molecule has 0 aliphatic carbocycles. The number of aromatic nitrogens is 3. The maximum Gasteiger partial charge on any atom is 0.358 e. The lowest BCUT2D eigenvalue weighted by Gasteiger charge is -2.06. The highest BCUT2D eigenvalue weighted by molar-refractivity contribution is 14.1. The monoisotopic (exact) mass is 469 g/mol. The predicted molar refractivity (Wildman–Crippen MR) is 90.5 cm³/mol. The maximum absolute atomic E-state index is 12.2. The van der Waals surface area contributed by atoms with Crippen molar-refractivity contribution in [3.8, 4) is 0 Å². The minimum absolute atomic E-state index is 0.0442. The van der Waals surface area contributed by atoms with Crippen molar-refractivity contribution in [1.29, 1.82) is 0 Å². The summed E-state index contributed by atoms with van der Waals surface area (Å²) in [6, 6.07) is 8.81. The second-order valence-corrected chi connectivity index (χ2v) is 7.76. The molecular formula is C12H6Cl2IN3O3S. The van der Waals surface area contributed by atoms with Crippen molar-refractivity contribution < 1.29 is 12.7 Å². The third-order valence-electron chi connectivity index (χ3n) is 2.71. The third kappa shape index (κ3) is 3.00.